The van der Waals surface area contributed by atoms with E-state index >= 15 is 0 Å². The van der Waals surface area contributed by atoms with E-state index < -0.39 is 17.4 Å². The second kappa shape index (κ2) is 5.64. The minimum atomic E-state index is -1.01. The summed E-state index contributed by atoms with van der Waals surface area (Å²) in [5.74, 6) is -2.73. The number of rotatable bonds is 4. The Labute approximate surface area is 114 Å². The Bertz CT molecular complexity index is 609. The van der Waals surface area contributed by atoms with Crippen LogP contribution < -0.4 is 10.1 Å². The maximum atomic E-state index is 13.2. The zero-order valence-corrected chi connectivity index (χ0v) is 10.7. The van der Waals surface area contributed by atoms with Crippen LogP contribution in [0.1, 0.15) is 5.56 Å². The molecule has 6 heteroatoms. The lowest BCUT2D eigenvalue weighted by Crippen LogP contribution is -2.01. The largest absolute Gasteiger partial charge is 0.504 e. The molecule has 0 spiro atoms. The fourth-order valence-corrected chi connectivity index (χ4v) is 1.72. The molecule has 4 nitrogen and oxygen atoms in total. The van der Waals surface area contributed by atoms with Crippen LogP contribution in [0, 0.1) is 11.6 Å². The van der Waals surface area contributed by atoms with Crippen molar-refractivity contribution >= 4 is 5.69 Å². The third kappa shape index (κ3) is 2.90. The van der Waals surface area contributed by atoms with Crippen LogP contribution >= 0.6 is 0 Å². The first-order valence-corrected chi connectivity index (χ1v) is 5.79. The molecule has 106 valence electrons. The van der Waals surface area contributed by atoms with Crippen LogP contribution in [0.25, 0.3) is 0 Å². The third-order valence-corrected chi connectivity index (χ3v) is 2.75. The van der Waals surface area contributed by atoms with Crippen molar-refractivity contribution in [2.45, 2.75) is 6.54 Å². The monoisotopic (exact) mass is 281 g/mol. The van der Waals surface area contributed by atoms with Gasteiger partial charge in [-0.2, -0.15) is 0 Å². The van der Waals surface area contributed by atoms with Gasteiger partial charge in [0.1, 0.15) is 0 Å². The molecule has 0 aliphatic heterocycles. The fourth-order valence-electron chi connectivity index (χ4n) is 1.72. The summed E-state index contributed by atoms with van der Waals surface area (Å²) in [4.78, 5) is 0. The Kier molecular flexibility index (Phi) is 3.93. The number of ether oxygens (including phenoxy) is 1. The molecule has 0 saturated carbocycles. The number of hydrogen-bond donors (Lipinski definition) is 3. The van der Waals surface area contributed by atoms with Crippen molar-refractivity contribution in [1.29, 1.82) is 0 Å². The first-order valence-electron chi connectivity index (χ1n) is 5.79. The number of benzene rings is 2. The van der Waals surface area contributed by atoms with Gasteiger partial charge in [-0.15, -0.1) is 0 Å². The summed E-state index contributed by atoms with van der Waals surface area (Å²) >= 11 is 0. The van der Waals surface area contributed by atoms with E-state index in [2.05, 4.69) is 5.32 Å². The topological polar surface area (TPSA) is 61.7 Å². The van der Waals surface area contributed by atoms with Crippen molar-refractivity contribution in [3.05, 3.63) is 47.5 Å². The molecule has 0 aliphatic rings. The second-order valence-electron chi connectivity index (χ2n) is 4.15. The molecular weight excluding hydrogens is 268 g/mol. The highest BCUT2D eigenvalue weighted by Crippen LogP contribution is 2.29. The number of hydrogen-bond acceptors (Lipinski definition) is 4. The predicted molar refractivity (Wildman–Crippen MR) is 70.0 cm³/mol. The van der Waals surface area contributed by atoms with E-state index in [4.69, 9.17) is 9.84 Å². The van der Waals surface area contributed by atoms with Crippen LogP contribution in [0.3, 0.4) is 0 Å². The minimum Gasteiger partial charge on any atom is -0.504 e. The van der Waals surface area contributed by atoms with Gasteiger partial charge in [-0.25, -0.2) is 8.78 Å². The summed E-state index contributed by atoms with van der Waals surface area (Å²) in [6, 6.07) is 6.73. The Morgan fingerprint density at radius 2 is 1.75 bits per heavy atom. The zero-order valence-electron chi connectivity index (χ0n) is 10.7. The quantitative estimate of drug-likeness (QED) is 0.806. The van der Waals surface area contributed by atoms with Gasteiger partial charge < -0.3 is 20.3 Å². The number of nitrogens with one attached hydrogen (secondary N) is 1. The maximum absolute atomic E-state index is 13.2. The van der Waals surface area contributed by atoms with Crippen LogP contribution in [-0.2, 0) is 6.54 Å². The highest BCUT2D eigenvalue weighted by molar-refractivity contribution is 5.54. The molecule has 0 heterocycles. The molecule has 2 rings (SSSR count). The van der Waals surface area contributed by atoms with Crippen molar-refractivity contribution in [1.82, 2.24) is 0 Å². The smallest absolute Gasteiger partial charge is 0.187 e. The summed E-state index contributed by atoms with van der Waals surface area (Å²) in [6.45, 7) is 0.139. The van der Waals surface area contributed by atoms with E-state index in [0.717, 1.165) is 12.1 Å². The van der Waals surface area contributed by atoms with Crippen molar-refractivity contribution in [2.75, 3.05) is 12.4 Å². The molecule has 0 unspecified atom stereocenters. The molecular formula is C14H13F2NO3. The number of aromatic hydroxyl groups is 2. The van der Waals surface area contributed by atoms with Crippen LogP contribution in [0.2, 0.25) is 0 Å². The van der Waals surface area contributed by atoms with Crippen molar-refractivity contribution in [2.24, 2.45) is 0 Å². The van der Waals surface area contributed by atoms with E-state index in [9.17, 15) is 13.9 Å². The molecule has 0 radical (unpaired) electrons. The van der Waals surface area contributed by atoms with E-state index in [-0.39, 0.29) is 12.3 Å². The highest BCUT2D eigenvalue weighted by Gasteiger charge is 2.09. The zero-order chi connectivity index (χ0) is 14.7. The standard InChI is InChI=1S/C14H13F2NO3/c1-20-13-3-2-9(6-12(13)18)17-7-8-4-10(15)14(19)11(16)5-8/h2-6,17-19H,7H2,1H3. The summed E-state index contributed by atoms with van der Waals surface area (Å²) < 4.78 is 31.2. The Morgan fingerprint density at radius 1 is 1.10 bits per heavy atom. The van der Waals surface area contributed by atoms with Crippen LogP contribution in [-0.4, -0.2) is 17.3 Å². The van der Waals surface area contributed by atoms with Gasteiger partial charge in [-0.05, 0) is 29.8 Å². The Hall–Kier alpha value is -2.50. The van der Waals surface area contributed by atoms with Crippen LogP contribution in [0.15, 0.2) is 30.3 Å². The van der Waals surface area contributed by atoms with Gasteiger partial charge in [0.25, 0.3) is 0 Å². The van der Waals surface area contributed by atoms with E-state index in [1.807, 2.05) is 0 Å². The van der Waals surface area contributed by atoms with Gasteiger partial charge in [-0.3, -0.25) is 0 Å². The Balaban J connectivity index is 2.11. The van der Waals surface area contributed by atoms with Crippen molar-refractivity contribution in [3.8, 4) is 17.2 Å². The molecule has 0 amide bonds. The number of phenolic OH excluding ortho intramolecular Hbond substituents is 2. The highest BCUT2D eigenvalue weighted by atomic mass is 19.1. The molecule has 2 aromatic carbocycles. The summed E-state index contributed by atoms with van der Waals surface area (Å²) in [5, 5.41) is 21.5. The van der Waals surface area contributed by atoms with Gasteiger partial charge in [0.05, 0.1) is 7.11 Å². The maximum Gasteiger partial charge on any atom is 0.187 e. The molecule has 2 aromatic rings. The lowest BCUT2D eigenvalue weighted by atomic mass is 10.2. The number of methoxy groups -OCH3 is 1. The van der Waals surface area contributed by atoms with Gasteiger partial charge in [0.2, 0.25) is 0 Å². The second-order valence-corrected chi connectivity index (χ2v) is 4.15. The first kappa shape index (κ1) is 13.9. The first-order chi connectivity index (χ1) is 9.51. The summed E-state index contributed by atoms with van der Waals surface area (Å²) in [7, 11) is 1.43. The molecule has 20 heavy (non-hydrogen) atoms. The Morgan fingerprint density at radius 3 is 2.30 bits per heavy atom. The molecule has 3 N–H and O–H groups in total. The molecule has 0 fully saturated rings. The minimum absolute atomic E-state index is 0.0411. The van der Waals surface area contributed by atoms with Gasteiger partial charge in [0, 0.05) is 18.3 Å². The lowest BCUT2D eigenvalue weighted by Gasteiger charge is -2.10. The number of halogens is 2. The van der Waals surface area contributed by atoms with Gasteiger partial charge in [0.15, 0.2) is 28.9 Å². The van der Waals surface area contributed by atoms with Gasteiger partial charge >= 0.3 is 0 Å². The molecule has 0 atom stereocenters. The van der Waals surface area contributed by atoms with E-state index in [1.54, 1.807) is 12.1 Å². The van der Waals surface area contributed by atoms with Crippen molar-refractivity contribution < 1.29 is 23.7 Å². The predicted octanol–water partition coefficient (Wildman–Crippen LogP) is 3.00. The van der Waals surface area contributed by atoms with Crippen molar-refractivity contribution in [3.63, 3.8) is 0 Å². The molecule has 0 bridgehead atoms. The molecule has 0 saturated heterocycles. The summed E-state index contributed by atoms with van der Waals surface area (Å²) in [5.41, 5.74) is 0.894. The average molecular weight is 281 g/mol. The average Bonchev–Trinajstić information content (AvgIpc) is 2.42. The SMILES string of the molecule is COc1ccc(NCc2cc(F)c(O)c(F)c2)cc1O. The third-order valence-electron chi connectivity index (χ3n) is 2.75. The van der Waals surface area contributed by atoms with Crippen LogP contribution in [0.4, 0.5) is 14.5 Å². The summed E-state index contributed by atoms with van der Waals surface area (Å²) in [6.07, 6.45) is 0. The normalized spacial score (nSPS) is 10.3. The lowest BCUT2D eigenvalue weighted by molar-refractivity contribution is 0.373. The fraction of sp³-hybridized carbons (Fsp3) is 0.143. The molecule has 0 aromatic heterocycles. The number of phenols is 2. The van der Waals surface area contributed by atoms with E-state index in [1.165, 1.54) is 13.2 Å². The van der Waals surface area contributed by atoms with Gasteiger partial charge in [-0.1, -0.05) is 0 Å². The number of anilines is 1. The van der Waals surface area contributed by atoms with Crippen LogP contribution in [0.5, 0.6) is 17.2 Å². The van der Waals surface area contributed by atoms with E-state index in [0.29, 0.717) is 17.0 Å². The molecule has 0 aliphatic carbocycles.